The van der Waals surface area contributed by atoms with Gasteiger partial charge in [-0.3, -0.25) is 14.1 Å². The molecule has 0 atom stereocenters. The summed E-state index contributed by atoms with van der Waals surface area (Å²) in [6, 6.07) is 17.9. The molecule has 0 amide bonds. The van der Waals surface area contributed by atoms with Gasteiger partial charge in [0, 0.05) is 27.9 Å². The molecule has 0 saturated carbocycles. The van der Waals surface area contributed by atoms with E-state index in [1.807, 2.05) is 38.1 Å². The van der Waals surface area contributed by atoms with Gasteiger partial charge in [-0.15, -0.1) is 11.3 Å². The van der Waals surface area contributed by atoms with E-state index in [4.69, 9.17) is 9.47 Å². The van der Waals surface area contributed by atoms with Crippen molar-refractivity contribution in [3.8, 4) is 5.75 Å². The summed E-state index contributed by atoms with van der Waals surface area (Å²) in [5.41, 5.74) is 1.96. The van der Waals surface area contributed by atoms with E-state index in [-0.39, 0.29) is 17.4 Å². The molecular formula is C30H36N3O4S+. The second-order valence-electron chi connectivity index (χ2n) is 10.5. The van der Waals surface area contributed by atoms with Crippen molar-refractivity contribution in [1.82, 2.24) is 4.98 Å². The molecule has 0 radical (unpaired) electrons. The van der Waals surface area contributed by atoms with Gasteiger partial charge in [0.2, 0.25) is 12.3 Å². The van der Waals surface area contributed by atoms with Gasteiger partial charge in [0.1, 0.15) is 5.75 Å². The van der Waals surface area contributed by atoms with Crippen LogP contribution in [0.15, 0.2) is 64.8 Å². The van der Waals surface area contributed by atoms with E-state index in [2.05, 4.69) is 39.5 Å². The molecule has 8 heteroatoms. The minimum absolute atomic E-state index is 0.117. The molecule has 1 fully saturated rings. The van der Waals surface area contributed by atoms with Crippen molar-refractivity contribution < 1.29 is 18.8 Å². The molecule has 0 aliphatic carbocycles. The number of quaternary nitrogens is 1. The van der Waals surface area contributed by atoms with Gasteiger partial charge in [-0.1, -0.05) is 19.9 Å². The minimum Gasteiger partial charge on any atom is -0.494 e. The van der Waals surface area contributed by atoms with Gasteiger partial charge in [0.25, 0.3) is 0 Å². The zero-order valence-corrected chi connectivity index (χ0v) is 23.0. The number of ether oxygens (including phenoxy) is 2. The van der Waals surface area contributed by atoms with Gasteiger partial charge >= 0.3 is 5.97 Å². The molecule has 7 nitrogen and oxygen atoms in total. The molecule has 4 aromatic rings. The largest absolute Gasteiger partial charge is 0.494 e. The summed E-state index contributed by atoms with van der Waals surface area (Å²) in [4.78, 5) is 29.2. The number of unbranched alkanes of at least 4 members (excludes halogenated alkanes) is 1. The van der Waals surface area contributed by atoms with Crippen LogP contribution < -0.4 is 15.2 Å². The average Bonchev–Trinajstić information content (AvgIpc) is 3.41. The molecule has 0 spiro atoms. The Balaban J connectivity index is 1.18. The average molecular weight is 535 g/mol. The number of hydrogen-bond donors (Lipinski definition) is 1. The van der Waals surface area contributed by atoms with Crippen molar-refractivity contribution in [3.05, 3.63) is 70.3 Å². The number of nitrogens with one attached hydrogen (secondary N) is 1. The van der Waals surface area contributed by atoms with E-state index < -0.39 is 0 Å². The summed E-state index contributed by atoms with van der Waals surface area (Å²) in [5, 5.41) is 4.45. The highest BCUT2D eigenvalue weighted by Gasteiger charge is 2.34. The summed E-state index contributed by atoms with van der Waals surface area (Å²) in [7, 11) is 0. The fraction of sp³-hybridized carbons (Fsp3) is 0.400. The van der Waals surface area contributed by atoms with E-state index >= 15 is 0 Å². The molecule has 1 aliphatic rings. The fourth-order valence-electron chi connectivity index (χ4n) is 5.13. The van der Waals surface area contributed by atoms with Crippen LogP contribution in [0.3, 0.4) is 0 Å². The maximum atomic E-state index is 12.3. The maximum Gasteiger partial charge on any atom is 0.312 e. The number of hydrogen-bond acceptors (Lipinski definition) is 6. The molecule has 3 heterocycles. The second-order valence-corrected chi connectivity index (χ2v) is 11.4. The number of rotatable bonds is 10. The number of esters is 1. The van der Waals surface area contributed by atoms with Gasteiger partial charge in [-0.25, -0.2) is 0 Å². The van der Waals surface area contributed by atoms with Crippen LogP contribution >= 0.6 is 11.3 Å². The summed E-state index contributed by atoms with van der Waals surface area (Å²) < 4.78 is 13.9. The molecule has 1 aliphatic heterocycles. The number of carbonyl (C=O) groups excluding carboxylic acids is 1. The van der Waals surface area contributed by atoms with Crippen molar-refractivity contribution in [1.29, 1.82) is 0 Å². The maximum absolute atomic E-state index is 12.3. The van der Waals surface area contributed by atoms with Gasteiger partial charge in [0.15, 0.2) is 0 Å². The first-order valence-electron chi connectivity index (χ1n) is 13.4. The molecular weight excluding hydrogens is 498 g/mol. The molecule has 38 heavy (non-hydrogen) atoms. The van der Waals surface area contributed by atoms with E-state index in [0.29, 0.717) is 13.3 Å². The highest BCUT2D eigenvalue weighted by Crippen LogP contribution is 2.32. The molecule has 1 N–H and O–H groups in total. The number of thiophene rings is 1. The van der Waals surface area contributed by atoms with Crippen LogP contribution in [0.2, 0.25) is 0 Å². The number of anilines is 1. The SMILES string of the molecule is CC(C)C(=O)OC[N+]1(CCCCOc2ccc3ccc(=O)[nH]c3c2)CCN(c2cccc3sccc23)CC1. The first-order valence-corrected chi connectivity index (χ1v) is 14.3. The van der Waals surface area contributed by atoms with Gasteiger partial charge in [-0.05, 0) is 60.0 Å². The van der Waals surface area contributed by atoms with Gasteiger partial charge in [-0.2, -0.15) is 0 Å². The standard InChI is InChI=1S/C30H35N3O4S/c1-22(2)30(35)37-21-33(16-13-32(14-17-33)27-6-5-7-28-25(27)12-19-38-28)15-3-4-18-36-24-10-8-23-9-11-29(34)31-26(23)20-24/h5-12,19-20,22H,3-4,13-18,21H2,1-2H3/p+1. The van der Waals surface area contributed by atoms with Crippen molar-refractivity contribution in [2.24, 2.45) is 5.92 Å². The quantitative estimate of drug-likeness (QED) is 0.168. The van der Waals surface area contributed by atoms with Crippen LogP contribution in [0.1, 0.15) is 26.7 Å². The molecule has 1 saturated heterocycles. The van der Waals surface area contributed by atoms with Crippen molar-refractivity contribution >= 4 is 44.0 Å². The summed E-state index contributed by atoms with van der Waals surface area (Å²) in [6.07, 6.45) is 1.88. The highest BCUT2D eigenvalue weighted by atomic mass is 32.1. The number of H-pyrrole nitrogens is 1. The summed E-state index contributed by atoms with van der Waals surface area (Å²) >= 11 is 1.78. The molecule has 200 valence electrons. The monoisotopic (exact) mass is 534 g/mol. The van der Waals surface area contributed by atoms with Crippen LogP contribution in [0, 0.1) is 5.92 Å². The number of nitrogens with zero attached hydrogens (tertiary/aromatic N) is 2. The third kappa shape index (κ3) is 6.03. The van der Waals surface area contributed by atoms with E-state index in [9.17, 15) is 9.59 Å². The van der Waals surface area contributed by atoms with Crippen molar-refractivity contribution in [3.63, 3.8) is 0 Å². The van der Waals surface area contributed by atoms with E-state index in [0.717, 1.165) is 66.7 Å². The van der Waals surface area contributed by atoms with Crippen LogP contribution in [0.25, 0.3) is 21.0 Å². The lowest BCUT2D eigenvalue weighted by Gasteiger charge is -2.45. The smallest absolute Gasteiger partial charge is 0.312 e. The number of aromatic nitrogens is 1. The normalized spacial score (nSPS) is 15.3. The second kappa shape index (κ2) is 11.6. The number of benzene rings is 2. The Morgan fingerprint density at radius 3 is 2.71 bits per heavy atom. The Bertz CT molecular complexity index is 1450. The third-order valence-corrected chi connectivity index (χ3v) is 8.33. The minimum atomic E-state index is -0.134. The molecule has 0 unspecified atom stereocenters. The van der Waals surface area contributed by atoms with Crippen LogP contribution in [0.4, 0.5) is 5.69 Å². The van der Waals surface area contributed by atoms with Crippen LogP contribution in [-0.4, -0.2) is 61.5 Å². The number of piperazine rings is 1. The predicted octanol–water partition coefficient (Wildman–Crippen LogP) is 5.40. The fourth-order valence-corrected chi connectivity index (χ4v) is 5.93. The number of carbonyl (C=O) groups is 1. The van der Waals surface area contributed by atoms with E-state index in [1.165, 1.54) is 21.8 Å². The Hall–Kier alpha value is -3.36. The van der Waals surface area contributed by atoms with Crippen molar-refractivity contribution in [2.45, 2.75) is 26.7 Å². The lowest BCUT2D eigenvalue weighted by atomic mass is 10.1. The van der Waals surface area contributed by atoms with Gasteiger partial charge in [0.05, 0.1) is 50.8 Å². The Labute approximate surface area is 227 Å². The van der Waals surface area contributed by atoms with E-state index in [1.54, 1.807) is 11.3 Å². The number of aromatic amines is 1. The molecule has 5 rings (SSSR count). The van der Waals surface area contributed by atoms with Crippen molar-refractivity contribution in [2.75, 3.05) is 51.0 Å². The zero-order valence-electron chi connectivity index (χ0n) is 22.2. The third-order valence-electron chi connectivity index (χ3n) is 7.45. The Morgan fingerprint density at radius 1 is 1.08 bits per heavy atom. The van der Waals surface area contributed by atoms with Crippen LogP contribution in [-0.2, 0) is 9.53 Å². The Kier molecular flexibility index (Phi) is 8.00. The van der Waals surface area contributed by atoms with Gasteiger partial charge < -0.3 is 19.4 Å². The lowest BCUT2D eigenvalue weighted by Crippen LogP contribution is -2.61. The van der Waals surface area contributed by atoms with Crippen LogP contribution in [0.5, 0.6) is 5.75 Å². The molecule has 2 aromatic heterocycles. The first kappa shape index (κ1) is 26.3. The zero-order chi connectivity index (χ0) is 26.5. The summed E-state index contributed by atoms with van der Waals surface area (Å²) in [6.45, 7) is 9.45. The molecule has 0 bridgehead atoms. The highest BCUT2D eigenvalue weighted by molar-refractivity contribution is 7.17. The topological polar surface area (TPSA) is 71.6 Å². The number of pyridine rings is 1. The Morgan fingerprint density at radius 2 is 1.89 bits per heavy atom. The lowest BCUT2D eigenvalue weighted by molar-refractivity contribution is -0.944. The number of fused-ring (bicyclic) bond motifs is 2. The first-order chi connectivity index (χ1) is 18.4. The molecule has 2 aromatic carbocycles. The summed E-state index contributed by atoms with van der Waals surface area (Å²) in [5.74, 6) is 0.494. The predicted molar refractivity (Wildman–Crippen MR) is 154 cm³/mol.